The SMILES string of the molecule is C=C(OC)C(=O)N1CCOCC1c1c(C)nn(-c2ccccc2F)c1C. The van der Waals surface area contributed by atoms with Crippen molar-refractivity contribution in [3.8, 4) is 5.69 Å². The lowest BCUT2D eigenvalue weighted by molar-refractivity contribution is -0.139. The number of carbonyl (C=O) groups is 1. The largest absolute Gasteiger partial charge is 0.492 e. The molecule has 1 amide bonds. The van der Waals surface area contributed by atoms with Crippen LogP contribution in [0.15, 0.2) is 36.6 Å². The zero-order valence-electron chi connectivity index (χ0n) is 15.2. The Morgan fingerprint density at radius 1 is 1.38 bits per heavy atom. The number of benzene rings is 1. The highest BCUT2D eigenvalue weighted by atomic mass is 19.1. The number of morpholine rings is 1. The molecular weight excluding hydrogens is 337 g/mol. The summed E-state index contributed by atoms with van der Waals surface area (Å²) in [6.45, 7) is 8.59. The molecule has 0 radical (unpaired) electrons. The number of hydrogen-bond acceptors (Lipinski definition) is 4. The van der Waals surface area contributed by atoms with Gasteiger partial charge in [0.2, 0.25) is 0 Å². The highest BCUT2D eigenvalue weighted by Gasteiger charge is 2.34. The van der Waals surface area contributed by atoms with Crippen LogP contribution in [0.5, 0.6) is 0 Å². The van der Waals surface area contributed by atoms with Gasteiger partial charge in [-0.2, -0.15) is 5.10 Å². The Balaban J connectivity index is 2.04. The van der Waals surface area contributed by atoms with Crippen molar-refractivity contribution in [2.75, 3.05) is 26.9 Å². The minimum Gasteiger partial charge on any atom is -0.492 e. The lowest BCUT2D eigenvalue weighted by atomic mass is 10.0. The first-order valence-corrected chi connectivity index (χ1v) is 8.38. The smallest absolute Gasteiger partial charge is 0.288 e. The second-order valence-corrected chi connectivity index (χ2v) is 6.16. The zero-order valence-corrected chi connectivity index (χ0v) is 15.2. The Labute approximate surface area is 151 Å². The molecule has 1 aromatic heterocycles. The van der Waals surface area contributed by atoms with Crippen LogP contribution in [0.2, 0.25) is 0 Å². The summed E-state index contributed by atoms with van der Waals surface area (Å²) in [6.07, 6.45) is 0. The Morgan fingerprint density at radius 3 is 2.81 bits per heavy atom. The molecule has 138 valence electrons. The van der Waals surface area contributed by atoms with E-state index in [0.29, 0.717) is 25.4 Å². The van der Waals surface area contributed by atoms with E-state index in [0.717, 1.165) is 17.0 Å². The summed E-state index contributed by atoms with van der Waals surface area (Å²) < 4.78 is 26.4. The van der Waals surface area contributed by atoms with Crippen LogP contribution in [-0.4, -0.2) is 47.5 Å². The summed E-state index contributed by atoms with van der Waals surface area (Å²) in [5.74, 6) is -0.558. The van der Waals surface area contributed by atoms with E-state index in [1.165, 1.54) is 13.2 Å². The molecule has 0 N–H and O–H groups in total. The van der Waals surface area contributed by atoms with Crippen LogP contribution in [0.3, 0.4) is 0 Å². The van der Waals surface area contributed by atoms with Gasteiger partial charge in [0.05, 0.1) is 32.1 Å². The van der Waals surface area contributed by atoms with Gasteiger partial charge in [0.15, 0.2) is 5.76 Å². The van der Waals surface area contributed by atoms with Gasteiger partial charge < -0.3 is 14.4 Å². The van der Waals surface area contributed by atoms with Gasteiger partial charge in [-0.25, -0.2) is 9.07 Å². The lowest BCUT2D eigenvalue weighted by Gasteiger charge is -2.36. The molecule has 3 rings (SSSR count). The van der Waals surface area contributed by atoms with Crippen molar-refractivity contribution in [3.63, 3.8) is 0 Å². The number of para-hydroxylation sites is 1. The van der Waals surface area contributed by atoms with Crippen molar-refractivity contribution in [1.29, 1.82) is 0 Å². The van der Waals surface area contributed by atoms with E-state index in [1.54, 1.807) is 27.8 Å². The fraction of sp³-hybridized carbons (Fsp3) is 0.368. The normalized spacial score (nSPS) is 17.2. The molecule has 6 nitrogen and oxygen atoms in total. The second-order valence-electron chi connectivity index (χ2n) is 6.16. The van der Waals surface area contributed by atoms with Gasteiger partial charge in [-0.1, -0.05) is 18.7 Å². The van der Waals surface area contributed by atoms with Crippen molar-refractivity contribution in [3.05, 3.63) is 59.4 Å². The molecule has 0 aliphatic carbocycles. The Morgan fingerprint density at radius 2 is 2.12 bits per heavy atom. The number of aromatic nitrogens is 2. The molecule has 1 aromatic carbocycles. The van der Waals surface area contributed by atoms with Crippen LogP contribution >= 0.6 is 0 Å². The van der Waals surface area contributed by atoms with Gasteiger partial charge >= 0.3 is 0 Å². The first kappa shape index (κ1) is 18.1. The van der Waals surface area contributed by atoms with Gasteiger partial charge in [0.25, 0.3) is 5.91 Å². The van der Waals surface area contributed by atoms with Crippen LogP contribution in [0.1, 0.15) is 23.0 Å². The fourth-order valence-corrected chi connectivity index (χ4v) is 3.33. The molecule has 1 aliphatic heterocycles. The highest BCUT2D eigenvalue weighted by Crippen LogP contribution is 2.32. The number of aryl methyl sites for hydroxylation is 1. The third kappa shape index (κ3) is 3.10. The molecule has 1 saturated heterocycles. The predicted molar refractivity (Wildman–Crippen MR) is 94.4 cm³/mol. The third-order valence-corrected chi connectivity index (χ3v) is 4.64. The number of rotatable bonds is 4. The predicted octanol–water partition coefficient (Wildman–Crippen LogP) is 2.69. The summed E-state index contributed by atoms with van der Waals surface area (Å²) in [5.41, 5.74) is 2.71. The number of carbonyl (C=O) groups excluding carboxylic acids is 1. The molecule has 26 heavy (non-hydrogen) atoms. The van der Waals surface area contributed by atoms with E-state index < -0.39 is 0 Å². The van der Waals surface area contributed by atoms with Crippen molar-refractivity contribution >= 4 is 5.91 Å². The summed E-state index contributed by atoms with van der Waals surface area (Å²) in [6, 6.07) is 6.14. The average Bonchev–Trinajstić information content (AvgIpc) is 2.95. The van der Waals surface area contributed by atoms with E-state index in [9.17, 15) is 9.18 Å². The summed E-state index contributed by atoms with van der Waals surface area (Å²) in [7, 11) is 1.42. The number of halogens is 1. The molecule has 1 atom stereocenters. The molecule has 1 unspecified atom stereocenters. The molecule has 7 heteroatoms. The standard InChI is InChI=1S/C19H22FN3O3/c1-12-18(13(2)23(21-12)16-8-6-5-7-15(16)20)17-11-26-10-9-22(17)19(24)14(3)25-4/h5-8,17H,3,9-11H2,1-2,4H3. The molecule has 1 aliphatic rings. The van der Waals surface area contributed by atoms with Gasteiger partial charge in [0, 0.05) is 17.8 Å². The minimum absolute atomic E-state index is 0.0775. The maximum absolute atomic E-state index is 14.2. The van der Waals surface area contributed by atoms with Gasteiger partial charge in [-0.15, -0.1) is 0 Å². The van der Waals surface area contributed by atoms with Crippen molar-refractivity contribution < 1.29 is 18.7 Å². The molecule has 0 saturated carbocycles. The van der Waals surface area contributed by atoms with Gasteiger partial charge in [-0.05, 0) is 26.0 Å². The molecule has 1 fully saturated rings. The monoisotopic (exact) mass is 359 g/mol. The lowest BCUT2D eigenvalue weighted by Crippen LogP contribution is -2.44. The van der Waals surface area contributed by atoms with E-state index >= 15 is 0 Å². The Kier molecular flexibility index (Phi) is 5.08. The van der Waals surface area contributed by atoms with E-state index in [2.05, 4.69) is 11.7 Å². The van der Waals surface area contributed by atoms with Crippen LogP contribution in [0.4, 0.5) is 4.39 Å². The fourth-order valence-electron chi connectivity index (χ4n) is 3.33. The van der Waals surface area contributed by atoms with E-state index in [1.807, 2.05) is 13.8 Å². The summed E-state index contributed by atoms with van der Waals surface area (Å²) in [5, 5.41) is 4.50. The van der Waals surface area contributed by atoms with E-state index in [4.69, 9.17) is 9.47 Å². The first-order chi connectivity index (χ1) is 12.5. The number of nitrogens with zero attached hydrogens (tertiary/aromatic N) is 3. The van der Waals surface area contributed by atoms with Crippen molar-refractivity contribution in [2.24, 2.45) is 0 Å². The molecule has 2 heterocycles. The quantitative estimate of drug-likeness (QED) is 0.622. The van der Waals surface area contributed by atoms with Crippen LogP contribution in [0, 0.1) is 19.7 Å². The molecular formula is C19H22FN3O3. The zero-order chi connectivity index (χ0) is 18.8. The number of ether oxygens (including phenoxy) is 2. The second kappa shape index (κ2) is 7.29. The van der Waals surface area contributed by atoms with Crippen molar-refractivity contribution in [1.82, 2.24) is 14.7 Å². The molecule has 0 spiro atoms. The number of hydrogen-bond donors (Lipinski definition) is 0. The van der Waals surface area contributed by atoms with Gasteiger partial charge in [-0.3, -0.25) is 4.79 Å². The summed E-state index contributed by atoms with van der Waals surface area (Å²) >= 11 is 0. The summed E-state index contributed by atoms with van der Waals surface area (Å²) in [4.78, 5) is 14.3. The first-order valence-electron chi connectivity index (χ1n) is 8.38. The van der Waals surface area contributed by atoms with Gasteiger partial charge in [0.1, 0.15) is 11.5 Å². The third-order valence-electron chi connectivity index (χ3n) is 4.64. The minimum atomic E-state index is -0.356. The van der Waals surface area contributed by atoms with Crippen molar-refractivity contribution in [2.45, 2.75) is 19.9 Å². The maximum Gasteiger partial charge on any atom is 0.288 e. The molecule has 2 aromatic rings. The van der Waals surface area contributed by atoms with Crippen LogP contribution < -0.4 is 0 Å². The number of amides is 1. The number of methoxy groups -OCH3 is 1. The van der Waals surface area contributed by atoms with Crippen LogP contribution in [-0.2, 0) is 14.3 Å². The van der Waals surface area contributed by atoms with Crippen LogP contribution in [0.25, 0.3) is 5.69 Å². The molecule has 0 bridgehead atoms. The average molecular weight is 359 g/mol. The topological polar surface area (TPSA) is 56.6 Å². The highest BCUT2D eigenvalue weighted by molar-refractivity contribution is 5.91. The van der Waals surface area contributed by atoms with E-state index in [-0.39, 0.29) is 23.5 Å². The Bertz CT molecular complexity index is 847. The maximum atomic E-state index is 14.2. The Hall–Kier alpha value is -2.67.